The fraction of sp³-hybridized carbons (Fsp3) is 0.727. The number of carbonyl (C=O) groups is 1. The maximum absolute atomic E-state index is 11.0. The van der Waals surface area contributed by atoms with Crippen molar-refractivity contribution in [2.75, 3.05) is 0 Å². The average Bonchev–Trinajstić information content (AvgIpc) is 2.23. The Morgan fingerprint density at radius 3 is 2.53 bits per heavy atom. The molecule has 0 N–H and O–H groups in total. The molecule has 0 aromatic rings. The SMILES string of the molecule is C=CC(=O)OC(CC)[SiH2]OC(C)(C)CC. The third-order valence-corrected chi connectivity index (χ3v) is 4.48. The van der Waals surface area contributed by atoms with Crippen LogP contribution in [-0.4, -0.2) is 27.1 Å². The maximum Gasteiger partial charge on any atom is 0.330 e. The number of esters is 1. The highest BCUT2D eigenvalue weighted by atomic mass is 28.2. The molecule has 0 aromatic heterocycles. The normalized spacial score (nSPS) is 14.1. The van der Waals surface area contributed by atoms with E-state index < -0.39 is 9.76 Å². The van der Waals surface area contributed by atoms with Gasteiger partial charge < -0.3 is 9.16 Å². The van der Waals surface area contributed by atoms with Crippen molar-refractivity contribution in [2.45, 2.75) is 51.9 Å². The van der Waals surface area contributed by atoms with Crippen molar-refractivity contribution in [3.05, 3.63) is 12.7 Å². The maximum atomic E-state index is 11.0. The first kappa shape index (κ1) is 14.4. The van der Waals surface area contributed by atoms with Gasteiger partial charge in [0.15, 0.2) is 0 Å². The van der Waals surface area contributed by atoms with Gasteiger partial charge in [-0.1, -0.05) is 20.4 Å². The number of ether oxygens (including phenoxy) is 1. The van der Waals surface area contributed by atoms with Crippen molar-refractivity contribution in [1.29, 1.82) is 0 Å². The zero-order chi connectivity index (χ0) is 11.9. The Morgan fingerprint density at radius 2 is 2.13 bits per heavy atom. The monoisotopic (exact) mass is 230 g/mol. The van der Waals surface area contributed by atoms with Crippen LogP contribution in [0.1, 0.15) is 40.5 Å². The first-order chi connectivity index (χ1) is 6.95. The number of rotatable bonds is 7. The van der Waals surface area contributed by atoms with Gasteiger partial charge >= 0.3 is 5.97 Å². The standard InChI is InChI=1S/C11H22O3Si/c1-6-9(12)13-10(7-2)15-14-11(4,5)8-3/h6,10H,1,7-8,15H2,2-5H3. The van der Waals surface area contributed by atoms with Crippen molar-refractivity contribution < 1.29 is 14.0 Å². The van der Waals surface area contributed by atoms with Crippen LogP contribution in [0.25, 0.3) is 0 Å². The molecule has 0 saturated heterocycles. The molecule has 0 bridgehead atoms. The molecule has 0 aliphatic rings. The van der Waals surface area contributed by atoms with Gasteiger partial charge in [0, 0.05) is 11.7 Å². The molecule has 88 valence electrons. The van der Waals surface area contributed by atoms with E-state index in [1.165, 1.54) is 6.08 Å². The zero-order valence-corrected chi connectivity index (χ0v) is 11.6. The molecule has 3 nitrogen and oxygen atoms in total. The molecule has 0 amide bonds. The molecule has 1 atom stereocenters. The first-order valence-corrected chi connectivity index (χ1v) is 6.81. The van der Waals surface area contributed by atoms with E-state index in [1.54, 1.807) is 0 Å². The van der Waals surface area contributed by atoms with Crippen LogP contribution < -0.4 is 0 Å². The summed E-state index contributed by atoms with van der Waals surface area (Å²) < 4.78 is 11.0. The van der Waals surface area contributed by atoms with E-state index in [0.29, 0.717) is 0 Å². The largest absolute Gasteiger partial charge is 0.461 e. The minimum absolute atomic E-state index is 0.0404. The van der Waals surface area contributed by atoms with Gasteiger partial charge in [-0.25, -0.2) is 4.79 Å². The highest BCUT2D eigenvalue weighted by Crippen LogP contribution is 2.13. The highest BCUT2D eigenvalue weighted by molar-refractivity contribution is 6.29. The molecule has 0 aliphatic heterocycles. The predicted molar refractivity (Wildman–Crippen MR) is 64.4 cm³/mol. The third-order valence-electron chi connectivity index (χ3n) is 2.42. The molecular weight excluding hydrogens is 208 g/mol. The predicted octanol–water partition coefficient (Wildman–Crippen LogP) is 1.74. The molecule has 4 heteroatoms. The summed E-state index contributed by atoms with van der Waals surface area (Å²) >= 11 is 0. The number of hydrogen-bond donors (Lipinski definition) is 0. The fourth-order valence-corrected chi connectivity index (χ4v) is 2.18. The minimum atomic E-state index is -0.833. The minimum Gasteiger partial charge on any atom is -0.461 e. The Morgan fingerprint density at radius 1 is 1.53 bits per heavy atom. The summed E-state index contributed by atoms with van der Waals surface area (Å²) in [6.45, 7) is 11.6. The van der Waals surface area contributed by atoms with Gasteiger partial charge in [-0.15, -0.1) is 0 Å². The molecular formula is C11H22O3Si. The highest BCUT2D eigenvalue weighted by Gasteiger charge is 2.19. The van der Waals surface area contributed by atoms with E-state index in [4.69, 9.17) is 9.16 Å². The molecule has 15 heavy (non-hydrogen) atoms. The molecule has 0 aliphatic carbocycles. The molecule has 0 spiro atoms. The summed E-state index contributed by atoms with van der Waals surface area (Å²) in [7, 11) is -0.833. The van der Waals surface area contributed by atoms with Crippen molar-refractivity contribution in [3.8, 4) is 0 Å². The van der Waals surface area contributed by atoms with Gasteiger partial charge in [0.25, 0.3) is 0 Å². The molecule has 0 radical (unpaired) electrons. The second kappa shape index (κ2) is 6.79. The van der Waals surface area contributed by atoms with Crippen LogP contribution in [0.3, 0.4) is 0 Å². The van der Waals surface area contributed by atoms with Crippen molar-refractivity contribution in [2.24, 2.45) is 0 Å². The van der Waals surface area contributed by atoms with Gasteiger partial charge in [-0.05, 0) is 26.7 Å². The second-order valence-corrected chi connectivity index (χ2v) is 5.63. The summed E-state index contributed by atoms with van der Waals surface area (Å²) in [5, 5.41) is 0. The molecule has 0 heterocycles. The van der Waals surface area contributed by atoms with Gasteiger partial charge in [0.2, 0.25) is 9.76 Å². The Bertz CT molecular complexity index is 214. The zero-order valence-electron chi connectivity index (χ0n) is 10.2. The lowest BCUT2D eigenvalue weighted by Gasteiger charge is -2.26. The van der Waals surface area contributed by atoms with Crippen LogP contribution >= 0.6 is 0 Å². The van der Waals surface area contributed by atoms with Gasteiger partial charge in [0.05, 0.1) is 0 Å². The Hall–Kier alpha value is -0.613. The second-order valence-electron chi connectivity index (χ2n) is 4.10. The fourth-order valence-electron chi connectivity index (χ4n) is 0.868. The van der Waals surface area contributed by atoms with E-state index in [1.807, 2.05) is 6.92 Å². The Balaban J connectivity index is 4.00. The molecule has 0 saturated carbocycles. The lowest BCUT2D eigenvalue weighted by atomic mass is 10.1. The average molecular weight is 230 g/mol. The quantitative estimate of drug-likeness (QED) is 0.380. The smallest absolute Gasteiger partial charge is 0.330 e. The van der Waals surface area contributed by atoms with Crippen LogP contribution in [0.4, 0.5) is 0 Å². The third kappa shape index (κ3) is 6.46. The molecule has 0 fully saturated rings. The lowest BCUT2D eigenvalue weighted by Crippen LogP contribution is -2.33. The van der Waals surface area contributed by atoms with Crippen molar-refractivity contribution in [1.82, 2.24) is 0 Å². The van der Waals surface area contributed by atoms with Crippen LogP contribution in [0.15, 0.2) is 12.7 Å². The topological polar surface area (TPSA) is 35.5 Å². The van der Waals surface area contributed by atoms with Gasteiger partial charge in [-0.3, -0.25) is 0 Å². The van der Waals surface area contributed by atoms with Crippen molar-refractivity contribution in [3.63, 3.8) is 0 Å². The molecule has 0 aromatic carbocycles. The summed E-state index contributed by atoms with van der Waals surface area (Å²) in [6.07, 6.45) is 2.97. The van der Waals surface area contributed by atoms with Crippen molar-refractivity contribution >= 4 is 15.7 Å². The van der Waals surface area contributed by atoms with Crippen LogP contribution in [0.2, 0.25) is 0 Å². The molecule has 1 unspecified atom stereocenters. The van der Waals surface area contributed by atoms with E-state index in [2.05, 4.69) is 27.4 Å². The van der Waals surface area contributed by atoms with E-state index in [9.17, 15) is 4.79 Å². The molecule has 0 rings (SSSR count). The van der Waals surface area contributed by atoms with Gasteiger partial charge in [0.1, 0.15) is 5.73 Å². The van der Waals surface area contributed by atoms with Crippen LogP contribution in [0, 0.1) is 0 Å². The number of hydrogen-bond acceptors (Lipinski definition) is 3. The lowest BCUT2D eigenvalue weighted by molar-refractivity contribution is -0.140. The van der Waals surface area contributed by atoms with E-state index in [0.717, 1.165) is 12.8 Å². The van der Waals surface area contributed by atoms with E-state index >= 15 is 0 Å². The van der Waals surface area contributed by atoms with E-state index in [-0.39, 0.29) is 17.3 Å². The Kier molecular flexibility index (Phi) is 6.52. The summed E-state index contributed by atoms with van der Waals surface area (Å²) in [5.41, 5.74) is -0.137. The van der Waals surface area contributed by atoms with Gasteiger partial charge in [-0.2, -0.15) is 0 Å². The summed E-state index contributed by atoms with van der Waals surface area (Å²) in [4.78, 5) is 11.0. The number of carbonyl (C=O) groups excluding carboxylic acids is 1. The van der Waals surface area contributed by atoms with Crippen LogP contribution in [-0.2, 0) is 14.0 Å². The first-order valence-electron chi connectivity index (χ1n) is 5.42. The Labute approximate surface area is 94.8 Å². The summed E-state index contributed by atoms with van der Waals surface area (Å²) in [6, 6.07) is 0. The van der Waals surface area contributed by atoms with Crippen LogP contribution in [0.5, 0.6) is 0 Å². The summed E-state index contributed by atoms with van der Waals surface area (Å²) in [5.74, 6) is -0.354.